The van der Waals surface area contributed by atoms with Crippen molar-refractivity contribution in [3.05, 3.63) is 28.2 Å². The van der Waals surface area contributed by atoms with Crippen LogP contribution in [0.3, 0.4) is 0 Å². The van der Waals surface area contributed by atoms with Gasteiger partial charge in [0.2, 0.25) is 5.75 Å². The summed E-state index contributed by atoms with van der Waals surface area (Å²) in [6.45, 7) is 0. The van der Waals surface area contributed by atoms with Gasteiger partial charge in [0.1, 0.15) is 4.88 Å². The first-order chi connectivity index (χ1) is 9.19. The average molecular weight is 300 g/mol. The standard InChI is InChI=1S/C12H10ClNO4S/c1-16-7-4-3-5-8(17-2)10(7)18-12-14-11(13)9(6-15)19-12/h3-6H,1-2H3. The van der Waals surface area contributed by atoms with Crippen LogP contribution < -0.4 is 14.2 Å². The molecule has 0 aliphatic rings. The number of benzene rings is 1. The van der Waals surface area contributed by atoms with Gasteiger partial charge in [0.05, 0.1) is 14.2 Å². The van der Waals surface area contributed by atoms with E-state index in [-0.39, 0.29) is 10.3 Å². The van der Waals surface area contributed by atoms with Crippen molar-refractivity contribution < 1.29 is 19.0 Å². The van der Waals surface area contributed by atoms with E-state index in [9.17, 15) is 4.79 Å². The zero-order valence-electron chi connectivity index (χ0n) is 10.2. The molecule has 0 aliphatic heterocycles. The van der Waals surface area contributed by atoms with Crippen LogP contribution in [-0.4, -0.2) is 25.5 Å². The van der Waals surface area contributed by atoms with Gasteiger partial charge in [-0.1, -0.05) is 29.0 Å². The molecule has 1 aromatic heterocycles. The Morgan fingerprint density at radius 1 is 1.26 bits per heavy atom. The lowest BCUT2D eigenvalue weighted by Gasteiger charge is -2.11. The monoisotopic (exact) mass is 299 g/mol. The van der Waals surface area contributed by atoms with Gasteiger partial charge in [0.15, 0.2) is 22.9 Å². The fourth-order valence-corrected chi connectivity index (χ4v) is 2.33. The number of hydrogen-bond donors (Lipinski definition) is 0. The summed E-state index contributed by atoms with van der Waals surface area (Å²) in [5, 5.41) is 0.360. The number of nitrogens with zero attached hydrogens (tertiary/aromatic N) is 1. The van der Waals surface area contributed by atoms with Crippen molar-refractivity contribution in [2.75, 3.05) is 14.2 Å². The Balaban J connectivity index is 2.38. The van der Waals surface area contributed by atoms with E-state index in [0.717, 1.165) is 11.3 Å². The van der Waals surface area contributed by atoms with Gasteiger partial charge in [0.25, 0.3) is 5.19 Å². The van der Waals surface area contributed by atoms with E-state index >= 15 is 0 Å². The van der Waals surface area contributed by atoms with Crippen LogP contribution in [0.4, 0.5) is 0 Å². The van der Waals surface area contributed by atoms with Crippen LogP contribution in [0, 0.1) is 0 Å². The molecule has 7 heteroatoms. The molecule has 0 spiro atoms. The second-order valence-corrected chi connectivity index (χ2v) is 4.70. The van der Waals surface area contributed by atoms with Crippen molar-refractivity contribution in [2.24, 2.45) is 0 Å². The van der Waals surface area contributed by atoms with Gasteiger partial charge in [-0.05, 0) is 12.1 Å². The molecule has 2 aromatic rings. The van der Waals surface area contributed by atoms with Crippen LogP contribution in [0.1, 0.15) is 9.67 Å². The van der Waals surface area contributed by atoms with E-state index in [2.05, 4.69) is 4.98 Å². The van der Waals surface area contributed by atoms with E-state index in [1.807, 2.05) is 0 Å². The molecule has 5 nitrogen and oxygen atoms in total. The molecule has 0 radical (unpaired) electrons. The van der Waals surface area contributed by atoms with E-state index in [0.29, 0.717) is 28.4 Å². The normalized spacial score (nSPS) is 10.1. The van der Waals surface area contributed by atoms with Crippen molar-refractivity contribution in [3.63, 3.8) is 0 Å². The van der Waals surface area contributed by atoms with Crippen molar-refractivity contribution in [2.45, 2.75) is 0 Å². The van der Waals surface area contributed by atoms with Crippen LogP contribution in [-0.2, 0) is 0 Å². The second kappa shape index (κ2) is 5.90. The number of halogens is 1. The lowest BCUT2D eigenvalue weighted by atomic mass is 10.3. The van der Waals surface area contributed by atoms with Gasteiger partial charge in [0, 0.05) is 0 Å². The zero-order valence-corrected chi connectivity index (χ0v) is 11.7. The molecular weight excluding hydrogens is 290 g/mol. The summed E-state index contributed by atoms with van der Waals surface area (Å²) in [5.41, 5.74) is 0. The largest absolute Gasteiger partial charge is 0.493 e. The van der Waals surface area contributed by atoms with Crippen molar-refractivity contribution >= 4 is 29.2 Å². The first-order valence-electron chi connectivity index (χ1n) is 5.20. The van der Waals surface area contributed by atoms with E-state index < -0.39 is 0 Å². The molecule has 0 aliphatic carbocycles. The summed E-state index contributed by atoms with van der Waals surface area (Å²) in [4.78, 5) is 15.0. The number of aldehydes is 1. The van der Waals surface area contributed by atoms with Crippen LogP contribution in [0.5, 0.6) is 22.4 Å². The predicted octanol–water partition coefficient (Wildman–Crippen LogP) is 3.42. The lowest BCUT2D eigenvalue weighted by Crippen LogP contribution is -1.93. The molecular formula is C12H10ClNO4S. The summed E-state index contributed by atoms with van der Waals surface area (Å²) >= 11 is 6.83. The fraction of sp³-hybridized carbons (Fsp3) is 0.167. The topological polar surface area (TPSA) is 57.6 Å². The number of methoxy groups -OCH3 is 2. The Morgan fingerprint density at radius 2 is 1.89 bits per heavy atom. The molecule has 100 valence electrons. The van der Waals surface area contributed by atoms with Gasteiger partial charge in [-0.2, -0.15) is 4.98 Å². The molecule has 1 aromatic carbocycles. The minimum absolute atomic E-state index is 0.115. The maximum absolute atomic E-state index is 10.7. The Bertz CT molecular complexity index is 577. The maximum Gasteiger partial charge on any atom is 0.281 e. The highest BCUT2D eigenvalue weighted by atomic mass is 35.5. The molecule has 19 heavy (non-hydrogen) atoms. The van der Waals surface area contributed by atoms with Gasteiger partial charge >= 0.3 is 0 Å². The molecule has 0 N–H and O–H groups in total. The highest BCUT2D eigenvalue weighted by Crippen LogP contribution is 2.41. The van der Waals surface area contributed by atoms with Gasteiger partial charge < -0.3 is 14.2 Å². The number of carbonyl (C=O) groups excluding carboxylic acids is 1. The third kappa shape index (κ3) is 2.80. The van der Waals surface area contributed by atoms with Crippen molar-refractivity contribution in [1.82, 2.24) is 4.98 Å². The Morgan fingerprint density at radius 3 is 2.37 bits per heavy atom. The van der Waals surface area contributed by atoms with Gasteiger partial charge in [-0.25, -0.2) is 0 Å². The van der Waals surface area contributed by atoms with Gasteiger partial charge in [-0.15, -0.1) is 0 Å². The quantitative estimate of drug-likeness (QED) is 0.792. The minimum atomic E-state index is 0.115. The molecule has 0 saturated carbocycles. The second-order valence-electron chi connectivity index (χ2n) is 3.35. The van der Waals surface area contributed by atoms with E-state index in [1.54, 1.807) is 18.2 Å². The van der Waals surface area contributed by atoms with Crippen molar-refractivity contribution in [1.29, 1.82) is 0 Å². The van der Waals surface area contributed by atoms with E-state index in [4.69, 9.17) is 25.8 Å². The fourth-order valence-electron chi connectivity index (χ4n) is 1.42. The molecule has 0 unspecified atom stereocenters. The number of ether oxygens (including phenoxy) is 3. The third-order valence-electron chi connectivity index (χ3n) is 2.27. The number of rotatable bonds is 5. The number of hydrogen-bond acceptors (Lipinski definition) is 6. The third-order valence-corrected chi connectivity index (χ3v) is 3.53. The van der Waals surface area contributed by atoms with Gasteiger partial charge in [-0.3, -0.25) is 4.79 Å². The molecule has 1 heterocycles. The number of para-hydroxylation sites is 1. The number of aromatic nitrogens is 1. The van der Waals surface area contributed by atoms with Crippen LogP contribution in [0.2, 0.25) is 5.15 Å². The van der Waals surface area contributed by atoms with Crippen LogP contribution in [0.15, 0.2) is 18.2 Å². The summed E-state index contributed by atoms with van der Waals surface area (Å²) in [5.74, 6) is 1.38. The molecule has 0 saturated heterocycles. The highest BCUT2D eigenvalue weighted by Gasteiger charge is 2.16. The average Bonchev–Trinajstić information content (AvgIpc) is 2.79. The zero-order chi connectivity index (χ0) is 13.8. The first-order valence-corrected chi connectivity index (χ1v) is 6.39. The predicted molar refractivity (Wildman–Crippen MR) is 72.1 cm³/mol. The van der Waals surface area contributed by atoms with E-state index in [1.165, 1.54) is 14.2 Å². The molecule has 2 rings (SSSR count). The highest BCUT2D eigenvalue weighted by molar-refractivity contribution is 7.15. The molecule has 0 fully saturated rings. The summed E-state index contributed by atoms with van der Waals surface area (Å²) < 4.78 is 16.0. The summed E-state index contributed by atoms with van der Waals surface area (Å²) in [6.07, 6.45) is 0.631. The molecule has 0 atom stereocenters. The van der Waals surface area contributed by atoms with Crippen LogP contribution in [0.25, 0.3) is 0 Å². The molecule has 0 bridgehead atoms. The lowest BCUT2D eigenvalue weighted by molar-refractivity contribution is 0.112. The van der Waals surface area contributed by atoms with Crippen molar-refractivity contribution in [3.8, 4) is 22.4 Å². The summed E-state index contributed by atoms with van der Waals surface area (Å²) in [7, 11) is 3.04. The maximum atomic E-state index is 10.7. The Hall–Kier alpha value is -1.79. The Labute approximate surface area is 118 Å². The smallest absolute Gasteiger partial charge is 0.281 e. The number of thiazole rings is 1. The minimum Gasteiger partial charge on any atom is -0.493 e. The first kappa shape index (κ1) is 13.6. The van der Waals surface area contributed by atoms with Crippen LogP contribution >= 0.6 is 22.9 Å². The Kier molecular flexibility index (Phi) is 4.24. The molecule has 0 amide bonds. The summed E-state index contributed by atoms with van der Waals surface area (Å²) in [6, 6.07) is 5.23. The number of carbonyl (C=O) groups is 1. The SMILES string of the molecule is COc1cccc(OC)c1Oc1nc(Cl)c(C=O)s1.